The second kappa shape index (κ2) is 11.1. The van der Waals surface area contributed by atoms with Crippen molar-refractivity contribution in [2.45, 2.75) is 12.5 Å². The van der Waals surface area contributed by atoms with Crippen molar-refractivity contribution in [1.82, 2.24) is 15.2 Å². The van der Waals surface area contributed by atoms with E-state index in [1.165, 1.54) is 18.3 Å². The molecule has 3 rings (SSSR count). The highest BCUT2D eigenvalue weighted by molar-refractivity contribution is 5.81. The molecule has 0 unspecified atom stereocenters. The van der Waals surface area contributed by atoms with Gasteiger partial charge in [0.25, 0.3) is 0 Å². The summed E-state index contributed by atoms with van der Waals surface area (Å²) in [6, 6.07) is 6.96. The summed E-state index contributed by atoms with van der Waals surface area (Å²) >= 11 is 0. The van der Waals surface area contributed by atoms with Gasteiger partial charge >= 0.3 is 0 Å². The number of hydrogen-bond donors (Lipinski definition) is 4. The van der Waals surface area contributed by atoms with Gasteiger partial charge in [0.2, 0.25) is 17.6 Å². The minimum Gasteiger partial charge on any atom is -0.436 e. The van der Waals surface area contributed by atoms with Crippen LogP contribution in [0.3, 0.4) is 0 Å². The number of benzene rings is 1. The summed E-state index contributed by atoms with van der Waals surface area (Å²) in [5.74, 6) is -2.61. The minimum absolute atomic E-state index is 0.0559. The molecule has 0 bridgehead atoms. The van der Waals surface area contributed by atoms with Gasteiger partial charge in [0, 0.05) is 44.3 Å². The fourth-order valence-electron chi connectivity index (χ4n) is 3.03. The number of carbonyl (C=O) groups excluding carboxylic acids is 1. The van der Waals surface area contributed by atoms with E-state index < -0.39 is 17.7 Å². The average molecular weight is 460 g/mol. The zero-order valence-corrected chi connectivity index (χ0v) is 17.8. The van der Waals surface area contributed by atoms with Crippen molar-refractivity contribution in [3.05, 3.63) is 60.6 Å². The zero-order valence-electron chi connectivity index (χ0n) is 17.8. The molecule has 176 valence electrons. The van der Waals surface area contributed by atoms with E-state index in [1.54, 1.807) is 35.5 Å². The third kappa shape index (κ3) is 6.53. The van der Waals surface area contributed by atoms with Crippen LogP contribution in [0, 0.1) is 11.6 Å². The Balaban J connectivity index is 1.49. The number of nitrogens with two attached hydrogens (primary N) is 3. The van der Waals surface area contributed by atoms with Gasteiger partial charge < -0.3 is 37.1 Å². The number of rotatable bonds is 10. The second-order valence-corrected chi connectivity index (χ2v) is 7.20. The highest BCUT2D eigenvalue weighted by Crippen LogP contribution is 2.32. The Morgan fingerprint density at radius 2 is 2.03 bits per heavy atom. The van der Waals surface area contributed by atoms with Crippen LogP contribution in [0.5, 0.6) is 11.6 Å². The molecule has 1 atom stereocenters. The summed E-state index contributed by atoms with van der Waals surface area (Å²) < 4.78 is 34.5. The molecule has 0 saturated carbocycles. The number of nitrogens with zero attached hydrogens (tertiary/aromatic N) is 4. The highest BCUT2D eigenvalue weighted by atomic mass is 19.2. The number of pyridine rings is 1. The first kappa shape index (κ1) is 23.7. The maximum absolute atomic E-state index is 14.7. The van der Waals surface area contributed by atoms with Crippen LogP contribution in [0.1, 0.15) is 6.42 Å². The van der Waals surface area contributed by atoms with Crippen LogP contribution in [0.2, 0.25) is 0 Å². The normalized spacial score (nSPS) is 13.7. The topological polar surface area (TPSA) is 148 Å². The van der Waals surface area contributed by atoms with Crippen molar-refractivity contribution in [3.8, 4) is 11.6 Å². The van der Waals surface area contributed by atoms with Gasteiger partial charge in [-0.3, -0.25) is 9.79 Å². The Hall–Kier alpha value is -3.93. The fourth-order valence-corrected chi connectivity index (χ4v) is 3.03. The monoisotopic (exact) mass is 460 g/mol. The summed E-state index contributed by atoms with van der Waals surface area (Å²) in [6.45, 7) is 1.31. The largest absolute Gasteiger partial charge is 0.436 e. The number of anilines is 1. The van der Waals surface area contributed by atoms with Gasteiger partial charge in [-0.1, -0.05) is 6.07 Å². The van der Waals surface area contributed by atoms with Gasteiger partial charge in [-0.05, 0) is 24.6 Å². The van der Waals surface area contributed by atoms with Crippen molar-refractivity contribution < 1.29 is 18.3 Å². The first-order valence-corrected chi connectivity index (χ1v) is 10.2. The van der Waals surface area contributed by atoms with Crippen LogP contribution in [0.15, 0.2) is 53.9 Å². The number of aromatic nitrogens is 1. The van der Waals surface area contributed by atoms with Crippen molar-refractivity contribution >= 4 is 17.6 Å². The third-order valence-corrected chi connectivity index (χ3v) is 4.75. The number of hydrogen-bond acceptors (Lipinski definition) is 7. The summed E-state index contributed by atoms with van der Waals surface area (Å²) in [5, 5.41) is 2.73. The quantitative estimate of drug-likeness (QED) is 0.301. The molecule has 10 nitrogen and oxygen atoms in total. The SMILES string of the molecule is NC(N)=NCC[C@H](N)C(=O)NCCN1C=CN(c2ccc(Oc3ccccn3)c(F)c2F)C1. The molecule has 7 N–H and O–H groups in total. The summed E-state index contributed by atoms with van der Waals surface area (Å²) in [4.78, 5) is 23.1. The Morgan fingerprint density at radius 1 is 1.21 bits per heavy atom. The Morgan fingerprint density at radius 3 is 2.76 bits per heavy atom. The lowest BCUT2D eigenvalue weighted by Crippen LogP contribution is -2.43. The van der Waals surface area contributed by atoms with E-state index >= 15 is 0 Å². The van der Waals surface area contributed by atoms with E-state index in [1.807, 2.05) is 4.90 Å². The van der Waals surface area contributed by atoms with Crippen LogP contribution in [0.4, 0.5) is 14.5 Å². The van der Waals surface area contributed by atoms with E-state index in [-0.39, 0.29) is 42.4 Å². The molecule has 0 spiro atoms. The van der Waals surface area contributed by atoms with Gasteiger partial charge in [0.1, 0.15) is 0 Å². The molecule has 1 aliphatic heterocycles. The molecule has 33 heavy (non-hydrogen) atoms. The van der Waals surface area contributed by atoms with Gasteiger partial charge in [-0.15, -0.1) is 0 Å². The lowest BCUT2D eigenvalue weighted by Gasteiger charge is -2.22. The smallest absolute Gasteiger partial charge is 0.237 e. The first-order chi connectivity index (χ1) is 15.8. The fraction of sp³-hybridized carbons (Fsp3) is 0.286. The molecule has 0 radical (unpaired) electrons. The Bertz CT molecular complexity index is 1010. The minimum atomic E-state index is -1.10. The molecule has 0 fully saturated rings. The number of amides is 1. The highest BCUT2D eigenvalue weighted by Gasteiger charge is 2.22. The van der Waals surface area contributed by atoms with Crippen molar-refractivity contribution in [2.75, 3.05) is 31.2 Å². The van der Waals surface area contributed by atoms with E-state index in [2.05, 4.69) is 15.3 Å². The lowest BCUT2D eigenvalue weighted by atomic mass is 10.2. The van der Waals surface area contributed by atoms with E-state index in [9.17, 15) is 13.6 Å². The maximum Gasteiger partial charge on any atom is 0.237 e. The third-order valence-electron chi connectivity index (χ3n) is 4.75. The zero-order chi connectivity index (χ0) is 23.8. The predicted octanol–water partition coefficient (Wildman–Crippen LogP) is 0.810. The van der Waals surface area contributed by atoms with Crippen LogP contribution in [0.25, 0.3) is 0 Å². The molecular weight excluding hydrogens is 434 g/mol. The van der Waals surface area contributed by atoms with Crippen molar-refractivity contribution in [3.63, 3.8) is 0 Å². The number of aliphatic imine (C=N–C) groups is 1. The number of ether oxygens (including phenoxy) is 1. The first-order valence-electron chi connectivity index (χ1n) is 10.2. The van der Waals surface area contributed by atoms with Gasteiger partial charge in [-0.2, -0.15) is 4.39 Å². The van der Waals surface area contributed by atoms with Gasteiger partial charge in [-0.25, -0.2) is 9.37 Å². The summed E-state index contributed by atoms with van der Waals surface area (Å²) in [6.07, 6.45) is 5.15. The van der Waals surface area contributed by atoms with Crippen LogP contribution >= 0.6 is 0 Å². The molecule has 2 heterocycles. The lowest BCUT2D eigenvalue weighted by molar-refractivity contribution is -0.122. The van der Waals surface area contributed by atoms with Crippen LogP contribution < -0.4 is 32.2 Å². The average Bonchev–Trinajstić information content (AvgIpc) is 3.26. The molecule has 1 amide bonds. The molecule has 0 saturated heterocycles. The van der Waals surface area contributed by atoms with E-state index in [0.29, 0.717) is 19.5 Å². The Kier molecular flexibility index (Phi) is 7.97. The molecule has 1 aliphatic rings. The molecular formula is C21H26F2N8O2. The van der Waals surface area contributed by atoms with E-state index in [0.717, 1.165) is 0 Å². The van der Waals surface area contributed by atoms with Crippen molar-refractivity contribution in [2.24, 2.45) is 22.2 Å². The number of nitrogens with one attached hydrogen (secondary N) is 1. The van der Waals surface area contributed by atoms with Crippen LogP contribution in [-0.4, -0.2) is 54.1 Å². The molecule has 12 heteroatoms. The molecule has 1 aromatic heterocycles. The Labute approximate surface area is 189 Å². The standard InChI is InChI=1S/C21H26F2N8O2/c22-18-15(4-5-16(19(18)23)33-17-3-1-2-7-27-17)31-12-11-30(13-31)10-9-28-20(32)14(24)6-8-29-21(25)26/h1-5,7,11-12,14H,6,8-10,13,24H2,(H,28,32)(H4,25,26,29)/t14-/m0/s1. The maximum atomic E-state index is 14.7. The van der Waals surface area contributed by atoms with Crippen LogP contribution in [-0.2, 0) is 4.79 Å². The molecule has 1 aromatic carbocycles. The number of guanidine groups is 1. The summed E-state index contributed by atoms with van der Waals surface area (Å²) in [5.41, 5.74) is 16.3. The number of carbonyl (C=O) groups is 1. The number of halogens is 2. The molecule has 2 aromatic rings. The van der Waals surface area contributed by atoms with Gasteiger partial charge in [0.15, 0.2) is 17.5 Å². The van der Waals surface area contributed by atoms with E-state index in [4.69, 9.17) is 21.9 Å². The van der Waals surface area contributed by atoms with Gasteiger partial charge in [0.05, 0.1) is 18.4 Å². The summed E-state index contributed by atoms with van der Waals surface area (Å²) in [7, 11) is 0. The van der Waals surface area contributed by atoms with Crippen molar-refractivity contribution in [1.29, 1.82) is 0 Å². The molecule has 0 aliphatic carbocycles. The predicted molar refractivity (Wildman–Crippen MR) is 120 cm³/mol. The second-order valence-electron chi connectivity index (χ2n) is 7.20.